The lowest BCUT2D eigenvalue weighted by molar-refractivity contribution is -0.299. The summed E-state index contributed by atoms with van der Waals surface area (Å²) in [6, 6.07) is 7.63. The van der Waals surface area contributed by atoms with Crippen LogP contribution >= 0.6 is 0 Å². The maximum Gasteiger partial charge on any atom is 0.218 e. The molecule has 2 saturated heterocycles. The highest BCUT2D eigenvalue weighted by molar-refractivity contribution is 7.88. The van der Waals surface area contributed by atoms with Gasteiger partial charge in [0.1, 0.15) is 0 Å². The maximum atomic E-state index is 12.5. The molecule has 1 aromatic carbocycles. The van der Waals surface area contributed by atoms with Crippen LogP contribution in [0.1, 0.15) is 25.0 Å². The molecule has 0 saturated carbocycles. The summed E-state index contributed by atoms with van der Waals surface area (Å²) in [5.41, 5.74) is 1.73. The van der Waals surface area contributed by atoms with Crippen molar-refractivity contribution in [2.24, 2.45) is 5.41 Å². The van der Waals surface area contributed by atoms with Gasteiger partial charge in [0, 0.05) is 18.5 Å². The second-order valence-electron chi connectivity index (χ2n) is 6.99. The number of hydrogen-bond donors (Lipinski definition) is 0. The minimum Gasteiger partial charge on any atom is -0.350 e. The summed E-state index contributed by atoms with van der Waals surface area (Å²) in [6.45, 7) is 7.80. The van der Waals surface area contributed by atoms with Gasteiger partial charge < -0.3 is 9.47 Å². The minimum absolute atomic E-state index is 0.0535. The number of sulfonamides is 1. The van der Waals surface area contributed by atoms with Crippen LogP contribution in [0.3, 0.4) is 0 Å². The highest BCUT2D eigenvalue weighted by Crippen LogP contribution is 2.39. The van der Waals surface area contributed by atoms with Crippen molar-refractivity contribution in [3.8, 4) is 0 Å². The summed E-state index contributed by atoms with van der Waals surface area (Å²) in [7, 11) is -3.28. The van der Waals surface area contributed by atoms with Gasteiger partial charge in [-0.05, 0) is 26.3 Å². The van der Waals surface area contributed by atoms with Crippen LogP contribution in [0.4, 0.5) is 0 Å². The Balaban J connectivity index is 1.62. The molecule has 2 aliphatic heterocycles. The van der Waals surface area contributed by atoms with E-state index in [4.69, 9.17) is 9.47 Å². The lowest BCUT2D eigenvalue weighted by Crippen LogP contribution is -2.65. The minimum atomic E-state index is -3.28. The summed E-state index contributed by atoms with van der Waals surface area (Å²) < 4.78 is 37.9. The van der Waals surface area contributed by atoms with Crippen LogP contribution in [0.5, 0.6) is 0 Å². The summed E-state index contributed by atoms with van der Waals surface area (Å²) in [5, 5.41) is 0. The second kappa shape index (κ2) is 5.30. The molecule has 122 valence electrons. The number of benzene rings is 1. The van der Waals surface area contributed by atoms with Crippen molar-refractivity contribution in [1.29, 1.82) is 0 Å². The summed E-state index contributed by atoms with van der Waals surface area (Å²) in [5.74, 6) is -0.510. The second-order valence-corrected chi connectivity index (χ2v) is 8.96. The fraction of sp³-hybridized carbons (Fsp3) is 0.625. The Morgan fingerprint density at radius 3 is 2.41 bits per heavy atom. The molecule has 2 aliphatic rings. The van der Waals surface area contributed by atoms with Crippen LogP contribution in [0.2, 0.25) is 0 Å². The van der Waals surface area contributed by atoms with Crippen molar-refractivity contribution in [1.82, 2.24) is 4.31 Å². The van der Waals surface area contributed by atoms with E-state index in [1.165, 1.54) is 0 Å². The molecule has 0 aliphatic carbocycles. The molecule has 1 spiro atoms. The van der Waals surface area contributed by atoms with E-state index >= 15 is 0 Å². The zero-order valence-corrected chi connectivity index (χ0v) is 14.1. The Bertz CT molecular complexity index is 650. The van der Waals surface area contributed by atoms with Gasteiger partial charge in [0.2, 0.25) is 10.0 Å². The fourth-order valence-corrected chi connectivity index (χ4v) is 4.65. The first-order chi connectivity index (χ1) is 10.2. The first-order valence-corrected chi connectivity index (χ1v) is 9.12. The largest absolute Gasteiger partial charge is 0.350 e. The molecular weight excluding hydrogens is 302 g/mol. The summed E-state index contributed by atoms with van der Waals surface area (Å²) in [4.78, 5) is 0. The highest BCUT2D eigenvalue weighted by Gasteiger charge is 2.52. The zero-order chi connectivity index (χ0) is 16.0. The SMILES string of the molecule is Cc1cccc(CS(=O)(=O)N2CC3(COC(C)(C)OC3)C2)c1. The number of nitrogens with zero attached hydrogens (tertiary/aromatic N) is 1. The van der Waals surface area contributed by atoms with Gasteiger partial charge in [0.25, 0.3) is 0 Å². The van der Waals surface area contributed by atoms with Crippen molar-refractivity contribution in [3.63, 3.8) is 0 Å². The van der Waals surface area contributed by atoms with E-state index in [0.717, 1.165) is 11.1 Å². The van der Waals surface area contributed by atoms with Gasteiger partial charge >= 0.3 is 0 Å². The van der Waals surface area contributed by atoms with Crippen LogP contribution in [0.15, 0.2) is 24.3 Å². The van der Waals surface area contributed by atoms with Crippen molar-refractivity contribution >= 4 is 10.0 Å². The third-order valence-corrected chi connectivity index (χ3v) is 6.04. The lowest BCUT2D eigenvalue weighted by Gasteiger charge is -2.53. The Labute approximate surface area is 132 Å². The number of hydrogen-bond acceptors (Lipinski definition) is 4. The maximum absolute atomic E-state index is 12.5. The molecule has 22 heavy (non-hydrogen) atoms. The Morgan fingerprint density at radius 2 is 1.82 bits per heavy atom. The van der Waals surface area contributed by atoms with Gasteiger partial charge in [-0.3, -0.25) is 0 Å². The van der Waals surface area contributed by atoms with E-state index in [2.05, 4.69) is 0 Å². The predicted molar refractivity (Wildman–Crippen MR) is 83.8 cm³/mol. The highest BCUT2D eigenvalue weighted by atomic mass is 32.2. The van der Waals surface area contributed by atoms with Crippen LogP contribution in [-0.4, -0.2) is 44.8 Å². The van der Waals surface area contributed by atoms with Crippen molar-refractivity contribution < 1.29 is 17.9 Å². The molecule has 0 unspecified atom stereocenters. The normalized spacial score (nSPS) is 24.1. The van der Waals surface area contributed by atoms with E-state index in [-0.39, 0.29) is 11.2 Å². The average Bonchev–Trinajstić information content (AvgIpc) is 2.35. The molecule has 0 atom stereocenters. The number of ether oxygens (including phenoxy) is 2. The monoisotopic (exact) mass is 325 g/mol. The summed E-state index contributed by atoms with van der Waals surface area (Å²) >= 11 is 0. The molecule has 5 nitrogen and oxygen atoms in total. The van der Waals surface area contributed by atoms with Crippen LogP contribution in [0.25, 0.3) is 0 Å². The van der Waals surface area contributed by atoms with E-state index < -0.39 is 15.8 Å². The third kappa shape index (κ3) is 3.20. The van der Waals surface area contributed by atoms with E-state index in [0.29, 0.717) is 26.3 Å². The zero-order valence-electron chi connectivity index (χ0n) is 13.3. The number of rotatable bonds is 3. The average molecular weight is 325 g/mol. The third-order valence-electron chi connectivity index (χ3n) is 4.30. The van der Waals surface area contributed by atoms with E-state index in [9.17, 15) is 8.42 Å². The Kier molecular flexibility index (Phi) is 3.84. The molecule has 3 rings (SSSR count). The van der Waals surface area contributed by atoms with Crippen molar-refractivity contribution in [2.75, 3.05) is 26.3 Å². The van der Waals surface area contributed by atoms with Crippen molar-refractivity contribution in [3.05, 3.63) is 35.4 Å². The van der Waals surface area contributed by atoms with E-state index in [1.54, 1.807) is 4.31 Å². The van der Waals surface area contributed by atoms with Crippen molar-refractivity contribution in [2.45, 2.75) is 32.3 Å². The van der Waals surface area contributed by atoms with E-state index in [1.807, 2.05) is 45.0 Å². The number of aryl methyl sites for hydroxylation is 1. The predicted octanol–water partition coefficient (Wildman–Crippen LogP) is 1.91. The van der Waals surface area contributed by atoms with Gasteiger partial charge in [-0.25, -0.2) is 12.7 Å². The Hall–Kier alpha value is -0.950. The molecule has 6 heteroatoms. The molecule has 2 fully saturated rings. The van der Waals surface area contributed by atoms with Gasteiger partial charge in [0.05, 0.1) is 19.0 Å². The fourth-order valence-electron chi connectivity index (χ4n) is 2.92. The van der Waals surface area contributed by atoms with Gasteiger partial charge in [-0.2, -0.15) is 0 Å². The first-order valence-electron chi connectivity index (χ1n) is 7.51. The van der Waals surface area contributed by atoms with Gasteiger partial charge in [-0.1, -0.05) is 29.8 Å². The summed E-state index contributed by atoms with van der Waals surface area (Å²) in [6.07, 6.45) is 0. The standard InChI is InChI=1S/C16H23NO4S/c1-13-5-4-6-14(7-13)8-22(18,19)17-9-16(10-17)11-20-15(2,3)21-12-16/h4-7H,8-12H2,1-3H3. The lowest BCUT2D eigenvalue weighted by atomic mass is 9.82. The molecule has 2 heterocycles. The molecule has 0 amide bonds. The Morgan fingerprint density at radius 1 is 1.18 bits per heavy atom. The van der Waals surface area contributed by atoms with Gasteiger partial charge in [-0.15, -0.1) is 0 Å². The van der Waals surface area contributed by atoms with Crippen LogP contribution in [-0.2, 0) is 25.2 Å². The molecular formula is C16H23NO4S. The topological polar surface area (TPSA) is 55.8 Å². The van der Waals surface area contributed by atoms with Crippen LogP contribution < -0.4 is 0 Å². The molecule has 0 radical (unpaired) electrons. The molecule has 0 N–H and O–H groups in total. The molecule has 0 bridgehead atoms. The quantitative estimate of drug-likeness (QED) is 0.852. The smallest absolute Gasteiger partial charge is 0.218 e. The van der Waals surface area contributed by atoms with Gasteiger partial charge in [0.15, 0.2) is 5.79 Å². The first kappa shape index (κ1) is 15.9. The molecule has 1 aromatic rings. The van der Waals surface area contributed by atoms with Crippen LogP contribution in [0, 0.1) is 12.3 Å². The molecule has 0 aromatic heterocycles.